The lowest BCUT2D eigenvalue weighted by molar-refractivity contribution is -0.137. The molecule has 8 nitrogen and oxygen atoms in total. The molecule has 0 aromatic heterocycles. The van der Waals surface area contributed by atoms with E-state index in [4.69, 9.17) is 14.6 Å². The van der Waals surface area contributed by atoms with Crippen LogP contribution in [0.2, 0.25) is 0 Å². The SMILES string of the molecule is C[C@H](CC(=O)O)NC(=O)CCOCCNC(=O)OCC1c2ccccc2-c2ccccc21. The summed E-state index contributed by atoms with van der Waals surface area (Å²) in [7, 11) is 0. The Bertz CT molecular complexity index is 916. The van der Waals surface area contributed by atoms with Crippen molar-refractivity contribution in [2.75, 3.05) is 26.4 Å². The second-order valence-corrected chi connectivity index (χ2v) is 7.68. The molecular weight excluding hydrogens is 412 g/mol. The van der Waals surface area contributed by atoms with Gasteiger partial charge in [-0.15, -0.1) is 0 Å². The van der Waals surface area contributed by atoms with Crippen LogP contribution in [0, 0.1) is 0 Å². The number of carboxylic acids is 1. The van der Waals surface area contributed by atoms with Crippen LogP contribution >= 0.6 is 0 Å². The monoisotopic (exact) mass is 440 g/mol. The smallest absolute Gasteiger partial charge is 0.407 e. The highest BCUT2D eigenvalue weighted by atomic mass is 16.5. The number of benzene rings is 2. The van der Waals surface area contributed by atoms with Gasteiger partial charge in [0.05, 0.1) is 19.6 Å². The summed E-state index contributed by atoms with van der Waals surface area (Å²) in [6.45, 7) is 2.55. The third-order valence-electron chi connectivity index (χ3n) is 5.22. The molecule has 3 rings (SSSR count). The predicted molar refractivity (Wildman–Crippen MR) is 118 cm³/mol. The van der Waals surface area contributed by atoms with Crippen LogP contribution < -0.4 is 10.6 Å². The molecule has 3 N–H and O–H groups in total. The van der Waals surface area contributed by atoms with Gasteiger partial charge in [-0.2, -0.15) is 0 Å². The molecule has 170 valence electrons. The minimum absolute atomic E-state index is 0.00595. The zero-order valence-corrected chi connectivity index (χ0v) is 18.0. The van der Waals surface area contributed by atoms with E-state index in [0.717, 1.165) is 11.1 Å². The van der Waals surface area contributed by atoms with Gasteiger partial charge in [0.25, 0.3) is 0 Å². The lowest BCUT2D eigenvalue weighted by atomic mass is 9.98. The molecule has 32 heavy (non-hydrogen) atoms. The molecule has 2 aromatic carbocycles. The summed E-state index contributed by atoms with van der Waals surface area (Å²) in [4.78, 5) is 34.3. The maximum absolute atomic E-state index is 12.1. The molecule has 0 spiro atoms. The number of carbonyl (C=O) groups is 3. The minimum atomic E-state index is -0.964. The van der Waals surface area contributed by atoms with Crippen LogP contribution in [0.15, 0.2) is 48.5 Å². The number of hydrogen-bond donors (Lipinski definition) is 3. The fourth-order valence-corrected chi connectivity index (χ4v) is 3.80. The van der Waals surface area contributed by atoms with Crippen molar-refractivity contribution in [3.63, 3.8) is 0 Å². The zero-order valence-electron chi connectivity index (χ0n) is 18.0. The van der Waals surface area contributed by atoms with Crippen molar-refractivity contribution in [3.05, 3.63) is 59.7 Å². The van der Waals surface area contributed by atoms with Crippen molar-refractivity contribution < 1.29 is 29.0 Å². The van der Waals surface area contributed by atoms with E-state index in [0.29, 0.717) is 0 Å². The van der Waals surface area contributed by atoms with E-state index in [1.54, 1.807) is 6.92 Å². The molecule has 8 heteroatoms. The van der Waals surface area contributed by atoms with E-state index in [1.165, 1.54) is 11.1 Å². The number of ether oxygens (including phenoxy) is 2. The van der Waals surface area contributed by atoms with Crippen LogP contribution in [0.3, 0.4) is 0 Å². The molecule has 0 saturated carbocycles. The molecule has 0 bridgehead atoms. The van der Waals surface area contributed by atoms with Crippen molar-refractivity contribution in [3.8, 4) is 11.1 Å². The fraction of sp³-hybridized carbons (Fsp3) is 0.375. The van der Waals surface area contributed by atoms with Crippen LogP contribution in [0.5, 0.6) is 0 Å². The standard InChI is InChI=1S/C24H28N2O6/c1-16(14-23(28)29)26-22(27)10-12-31-13-11-25-24(30)32-15-21-19-8-4-2-6-17(19)18-7-3-5-9-20(18)21/h2-9,16,21H,10-15H2,1H3,(H,25,30)(H,26,27)(H,28,29)/t16-/m1/s1. The molecule has 2 aromatic rings. The summed E-state index contributed by atoms with van der Waals surface area (Å²) < 4.78 is 10.8. The number of nitrogens with one attached hydrogen (secondary N) is 2. The van der Waals surface area contributed by atoms with Crippen molar-refractivity contribution in [1.29, 1.82) is 0 Å². The lowest BCUT2D eigenvalue weighted by Crippen LogP contribution is -2.35. The molecule has 0 unspecified atom stereocenters. The molecular formula is C24H28N2O6. The molecule has 2 amide bonds. The highest BCUT2D eigenvalue weighted by molar-refractivity contribution is 5.79. The summed E-state index contributed by atoms with van der Waals surface area (Å²) in [5, 5.41) is 13.9. The topological polar surface area (TPSA) is 114 Å². The van der Waals surface area contributed by atoms with Crippen LogP contribution in [-0.4, -0.2) is 55.5 Å². The number of alkyl carbamates (subject to hydrolysis) is 1. The second kappa shape index (κ2) is 11.3. The van der Waals surface area contributed by atoms with Crippen molar-refractivity contribution in [2.24, 2.45) is 0 Å². The molecule has 0 aliphatic heterocycles. The average molecular weight is 440 g/mol. The Labute approximate surface area is 186 Å². The largest absolute Gasteiger partial charge is 0.481 e. The maximum Gasteiger partial charge on any atom is 0.407 e. The quantitative estimate of drug-likeness (QED) is 0.463. The van der Waals surface area contributed by atoms with Gasteiger partial charge in [-0.3, -0.25) is 9.59 Å². The van der Waals surface area contributed by atoms with Crippen molar-refractivity contribution >= 4 is 18.0 Å². The Morgan fingerprint density at radius 1 is 1.00 bits per heavy atom. The predicted octanol–water partition coefficient (Wildman–Crippen LogP) is 2.91. The first kappa shape index (κ1) is 23.3. The molecule has 0 radical (unpaired) electrons. The molecule has 0 fully saturated rings. The molecule has 1 aliphatic rings. The maximum atomic E-state index is 12.1. The lowest BCUT2D eigenvalue weighted by Gasteiger charge is -2.14. The highest BCUT2D eigenvalue weighted by Gasteiger charge is 2.28. The summed E-state index contributed by atoms with van der Waals surface area (Å²) in [5.41, 5.74) is 4.65. The van der Waals surface area contributed by atoms with Gasteiger partial charge in [-0.25, -0.2) is 4.79 Å². The van der Waals surface area contributed by atoms with Gasteiger partial charge in [-0.05, 0) is 29.2 Å². The van der Waals surface area contributed by atoms with Gasteiger partial charge in [-0.1, -0.05) is 48.5 Å². The zero-order chi connectivity index (χ0) is 22.9. The number of carbonyl (C=O) groups excluding carboxylic acids is 2. The molecule has 0 saturated heterocycles. The fourth-order valence-electron chi connectivity index (χ4n) is 3.80. The Kier molecular flexibility index (Phi) is 8.21. The van der Waals surface area contributed by atoms with Gasteiger partial charge in [0.2, 0.25) is 5.91 Å². The average Bonchev–Trinajstić information content (AvgIpc) is 3.08. The van der Waals surface area contributed by atoms with Crippen LogP contribution in [0.25, 0.3) is 11.1 Å². The van der Waals surface area contributed by atoms with Crippen LogP contribution in [0.4, 0.5) is 4.79 Å². The van der Waals surface area contributed by atoms with E-state index < -0.39 is 18.1 Å². The molecule has 1 atom stereocenters. The Hall–Kier alpha value is -3.39. The van der Waals surface area contributed by atoms with E-state index in [-0.39, 0.29) is 51.0 Å². The number of amides is 2. The Morgan fingerprint density at radius 3 is 2.25 bits per heavy atom. The van der Waals surface area contributed by atoms with E-state index in [9.17, 15) is 14.4 Å². The van der Waals surface area contributed by atoms with Gasteiger partial charge < -0.3 is 25.2 Å². The number of fused-ring (bicyclic) bond motifs is 3. The minimum Gasteiger partial charge on any atom is -0.481 e. The number of carboxylic acid groups (broad SMARTS) is 1. The number of hydrogen-bond acceptors (Lipinski definition) is 5. The Balaban J connectivity index is 1.33. The van der Waals surface area contributed by atoms with E-state index in [1.807, 2.05) is 24.3 Å². The third kappa shape index (κ3) is 6.31. The first-order valence-electron chi connectivity index (χ1n) is 10.6. The normalized spacial score (nSPS) is 13.0. The van der Waals surface area contributed by atoms with Crippen molar-refractivity contribution in [1.82, 2.24) is 10.6 Å². The molecule has 0 heterocycles. The summed E-state index contributed by atoms with van der Waals surface area (Å²) >= 11 is 0. The Morgan fingerprint density at radius 2 is 1.62 bits per heavy atom. The second-order valence-electron chi connectivity index (χ2n) is 7.68. The van der Waals surface area contributed by atoms with E-state index >= 15 is 0 Å². The van der Waals surface area contributed by atoms with Crippen LogP contribution in [-0.2, 0) is 19.1 Å². The van der Waals surface area contributed by atoms with Gasteiger partial charge in [0, 0.05) is 24.9 Å². The van der Waals surface area contributed by atoms with Gasteiger partial charge in [0.1, 0.15) is 6.61 Å². The van der Waals surface area contributed by atoms with Gasteiger partial charge in [0.15, 0.2) is 0 Å². The first-order chi connectivity index (χ1) is 15.5. The third-order valence-corrected chi connectivity index (χ3v) is 5.22. The van der Waals surface area contributed by atoms with Gasteiger partial charge >= 0.3 is 12.1 Å². The molecule has 1 aliphatic carbocycles. The highest BCUT2D eigenvalue weighted by Crippen LogP contribution is 2.44. The number of rotatable bonds is 11. The summed E-state index contributed by atoms with van der Waals surface area (Å²) in [6.07, 6.45) is -0.526. The number of aliphatic carboxylic acids is 1. The van der Waals surface area contributed by atoms with Crippen LogP contribution in [0.1, 0.15) is 36.8 Å². The summed E-state index contributed by atoms with van der Waals surface area (Å²) in [5.74, 6) is -1.23. The summed E-state index contributed by atoms with van der Waals surface area (Å²) in [6, 6.07) is 15.8. The van der Waals surface area contributed by atoms with Crippen molar-refractivity contribution in [2.45, 2.75) is 31.7 Å². The van der Waals surface area contributed by atoms with E-state index in [2.05, 4.69) is 34.9 Å². The first-order valence-corrected chi connectivity index (χ1v) is 10.6.